The number of aromatic nitrogens is 2. The van der Waals surface area contributed by atoms with E-state index in [0.717, 1.165) is 21.0 Å². The smallest absolute Gasteiger partial charge is 0.263 e. The highest BCUT2D eigenvalue weighted by atomic mass is 32.2. The van der Waals surface area contributed by atoms with E-state index in [1.807, 2.05) is 58.0 Å². The van der Waals surface area contributed by atoms with Crippen LogP contribution in [0.2, 0.25) is 0 Å². The number of hydrogen-bond acceptors (Lipinski definition) is 5. The molecule has 1 atom stereocenters. The van der Waals surface area contributed by atoms with Crippen molar-refractivity contribution in [3.8, 4) is 0 Å². The first-order valence-corrected chi connectivity index (χ1v) is 11.2. The molecule has 0 saturated carbocycles. The van der Waals surface area contributed by atoms with Crippen LogP contribution in [0.5, 0.6) is 0 Å². The highest BCUT2D eigenvalue weighted by molar-refractivity contribution is 8.00. The number of thioether (sulfide) groups is 1. The van der Waals surface area contributed by atoms with Gasteiger partial charge in [0.15, 0.2) is 5.16 Å². The van der Waals surface area contributed by atoms with Crippen molar-refractivity contribution in [2.75, 3.05) is 11.4 Å². The Morgan fingerprint density at radius 2 is 2.03 bits per heavy atom. The topological polar surface area (TPSA) is 55.2 Å². The first kappa shape index (κ1) is 21.3. The molecule has 0 aliphatic carbocycles. The van der Waals surface area contributed by atoms with Gasteiger partial charge in [-0.05, 0) is 45.4 Å². The van der Waals surface area contributed by atoms with Crippen LogP contribution in [0, 0.1) is 13.8 Å². The van der Waals surface area contributed by atoms with Crippen LogP contribution in [0.15, 0.2) is 52.9 Å². The minimum absolute atomic E-state index is 0.0123. The van der Waals surface area contributed by atoms with E-state index in [-0.39, 0.29) is 11.5 Å². The summed E-state index contributed by atoms with van der Waals surface area (Å²) in [6, 6.07) is 9.61. The maximum Gasteiger partial charge on any atom is 0.263 e. The fourth-order valence-corrected chi connectivity index (χ4v) is 5.24. The number of hydrogen-bond donors (Lipinski definition) is 0. The number of benzene rings is 1. The zero-order valence-electron chi connectivity index (χ0n) is 17.1. The Morgan fingerprint density at radius 3 is 2.66 bits per heavy atom. The molecule has 1 aromatic carbocycles. The molecule has 0 bridgehead atoms. The van der Waals surface area contributed by atoms with Gasteiger partial charge in [0.05, 0.1) is 10.6 Å². The van der Waals surface area contributed by atoms with Gasteiger partial charge in [0.2, 0.25) is 5.91 Å². The van der Waals surface area contributed by atoms with Gasteiger partial charge in [0.1, 0.15) is 4.83 Å². The van der Waals surface area contributed by atoms with E-state index in [2.05, 4.69) is 6.58 Å². The van der Waals surface area contributed by atoms with Crippen LogP contribution >= 0.6 is 23.1 Å². The molecule has 3 aromatic rings. The van der Waals surface area contributed by atoms with Gasteiger partial charge in [-0.1, -0.05) is 36.0 Å². The minimum Gasteiger partial charge on any atom is -0.312 e. The van der Waals surface area contributed by atoms with Crippen molar-refractivity contribution >= 4 is 44.9 Å². The average Bonchev–Trinajstić information content (AvgIpc) is 3.00. The number of amides is 1. The van der Waals surface area contributed by atoms with Gasteiger partial charge >= 0.3 is 0 Å². The molecule has 0 aliphatic rings. The predicted molar refractivity (Wildman–Crippen MR) is 123 cm³/mol. The van der Waals surface area contributed by atoms with Crippen molar-refractivity contribution in [3.05, 3.63) is 63.8 Å². The molecule has 0 radical (unpaired) electrons. The lowest BCUT2D eigenvalue weighted by Gasteiger charge is -2.24. The van der Waals surface area contributed by atoms with Crippen molar-refractivity contribution in [1.82, 2.24) is 9.55 Å². The molecule has 3 rings (SSSR count). The molecular formula is C22H25N3O2S2. The molecule has 0 aliphatic heterocycles. The van der Waals surface area contributed by atoms with E-state index in [0.29, 0.717) is 23.6 Å². The number of para-hydroxylation sites is 1. The molecular weight excluding hydrogens is 402 g/mol. The number of carbonyl (C=O) groups excluding carboxylic acids is 1. The van der Waals surface area contributed by atoms with E-state index in [4.69, 9.17) is 4.98 Å². The molecule has 2 heterocycles. The highest BCUT2D eigenvalue weighted by Crippen LogP contribution is 2.30. The van der Waals surface area contributed by atoms with E-state index in [1.54, 1.807) is 15.5 Å². The largest absolute Gasteiger partial charge is 0.312 e. The van der Waals surface area contributed by atoms with Crippen LogP contribution in [0.3, 0.4) is 0 Å². The van der Waals surface area contributed by atoms with Gasteiger partial charge in [-0.25, -0.2) is 4.98 Å². The van der Waals surface area contributed by atoms with E-state index >= 15 is 0 Å². The second kappa shape index (κ2) is 8.97. The second-order valence-electron chi connectivity index (χ2n) is 6.74. The maximum absolute atomic E-state index is 13.1. The molecule has 152 valence electrons. The van der Waals surface area contributed by atoms with E-state index in [9.17, 15) is 9.59 Å². The Balaban J connectivity index is 1.98. The van der Waals surface area contributed by atoms with Crippen LogP contribution in [0.1, 0.15) is 24.3 Å². The second-order valence-corrected chi connectivity index (χ2v) is 9.25. The molecule has 1 amide bonds. The van der Waals surface area contributed by atoms with Gasteiger partial charge in [0, 0.05) is 23.7 Å². The van der Waals surface area contributed by atoms with Crippen molar-refractivity contribution in [2.24, 2.45) is 0 Å². The molecule has 0 saturated heterocycles. The number of fused-ring (bicyclic) bond motifs is 1. The first-order valence-electron chi connectivity index (χ1n) is 9.53. The van der Waals surface area contributed by atoms with Gasteiger partial charge in [0.25, 0.3) is 5.56 Å². The monoisotopic (exact) mass is 427 g/mol. The highest BCUT2D eigenvalue weighted by Gasteiger charge is 2.25. The molecule has 2 aromatic heterocycles. The molecule has 0 spiro atoms. The van der Waals surface area contributed by atoms with Gasteiger partial charge in [-0.3, -0.25) is 14.2 Å². The standard InChI is InChI=1S/C22H25N3O2S2/c1-6-13-25-21(27)18-14(3)15(4)28-19(18)23-22(25)29-16(5)20(26)24(7-2)17-11-9-8-10-12-17/h6,8-12,16H,1,7,13H2,2-5H3. The Morgan fingerprint density at radius 1 is 1.34 bits per heavy atom. The number of allylic oxidation sites excluding steroid dienone is 1. The Bertz CT molecular complexity index is 1100. The van der Waals surface area contributed by atoms with E-state index < -0.39 is 5.25 Å². The molecule has 0 N–H and O–H groups in total. The van der Waals surface area contributed by atoms with Crippen LogP contribution in [-0.4, -0.2) is 27.3 Å². The Hall–Kier alpha value is -2.38. The SMILES string of the molecule is C=CCn1c(SC(C)C(=O)N(CC)c2ccccc2)nc2sc(C)c(C)c2c1=O. The summed E-state index contributed by atoms with van der Waals surface area (Å²) in [5.74, 6) is -0.0123. The number of thiophene rings is 1. The molecule has 5 nitrogen and oxygen atoms in total. The molecule has 29 heavy (non-hydrogen) atoms. The number of nitrogens with zero attached hydrogens (tertiary/aromatic N) is 3. The Kier molecular flexibility index (Phi) is 6.59. The average molecular weight is 428 g/mol. The Labute approximate surface area is 179 Å². The number of aryl methyl sites for hydroxylation is 2. The number of carbonyl (C=O) groups is 1. The summed E-state index contributed by atoms with van der Waals surface area (Å²) in [6.45, 7) is 12.5. The molecule has 1 unspecified atom stereocenters. The first-order chi connectivity index (χ1) is 13.9. The summed E-state index contributed by atoms with van der Waals surface area (Å²) in [5.41, 5.74) is 1.76. The summed E-state index contributed by atoms with van der Waals surface area (Å²) in [7, 11) is 0. The van der Waals surface area contributed by atoms with Crippen molar-refractivity contribution < 1.29 is 4.79 Å². The number of anilines is 1. The van der Waals surface area contributed by atoms with Crippen LogP contribution in [-0.2, 0) is 11.3 Å². The summed E-state index contributed by atoms with van der Waals surface area (Å²) in [6.07, 6.45) is 1.68. The number of rotatable bonds is 7. The fourth-order valence-electron chi connectivity index (χ4n) is 3.19. The predicted octanol–water partition coefficient (Wildman–Crippen LogP) is 4.79. The van der Waals surface area contributed by atoms with Gasteiger partial charge in [-0.15, -0.1) is 17.9 Å². The zero-order chi connectivity index (χ0) is 21.1. The third kappa shape index (κ3) is 4.16. The van der Waals surface area contributed by atoms with Crippen molar-refractivity contribution in [2.45, 2.75) is 44.6 Å². The summed E-state index contributed by atoms with van der Waals surface area (Å²) in [5, 5.41) is 0.823. The van der Waals surface area contributed by atoms with Crippen LogP contribution in [0.4, 0.5) is 5.69 Å². The summed E-state index contributed by atoms with van der Waals surface area (Å²) < 4.78 is 1.61. The van der Waals surface area contributed by atoms with E-state index in [1.165, 1.54) is 23.1 Å². The summed E-state index contributed by atoms with van der Waals surface area (Å²) in [4.78, 5) is 34.5. The lowest BCUT2D eigenvalue weighted by atomic mass is 10.2. The van der Waals surface area contributed by atoms with Crippen molar-refractivity contribution in [1.29, 1.82) is 0 Å². The fraction of sp³-hybridized carbons (Fsp3) is 0.318. The quantitative estimate of drug-likeness (QED) is 0.309. The maximum atomic E-state index is 13.1. The molecule has 0 fully saturated rings. The zero-order valence-corrected chi connectivity index (χ0v) is 18.8. The third-order valence-electron chi connectivity index (χ3n) is 4.85. The van der Waals surface area contributed by atoms with Gasteiger partial charge in [-0.2, -0.15) is 0 Å². The van der Waals surface area contributed by atoms with Gasteiger partial charge < -0.3 is 4.90 Å². The van der Waals surface area contributed by atoms with Crippen molar-refractivity contribution in [3.63, 3.8) is 0 Å². The van der Waals surface area contributed by atoms with Crippen LogP contribution < -0.4 is 10.5 Å². The third-order valence-corrected chi connectivity index (χ3v) is 7.02. The lowest BCUT2D eigenvalue weighted by Crippen LogP contribution is -2.37. The lowest BCUT2D eigenvalue weighted by molar-refractivity contribution is -0.117. The molecule has 7 heteroatoms. The minimum atomic E-state index is -0.391. The normalized spacial score (nSPS) is 12.1. The van der Waals surface area contributed by atoms with Crippen LogP contribution in [0.25, 0.3) is 10.2 Å². The summed E-state index contributed by atoms with van der Waals surface area (Å²) >= 11 is 2.84.